The van der Waals surface area contributed by atoms with Gasteiger partial charge in [0.2, 0.25) is 0 Å². The maximum absolute atomic E-state index is 13.6. The molecule has 0 fully saturated rings. The van der Waals surface area contributed by atoms with E-state index in [1.165, 1.54) is 23.4 Å². The predicted molar refractivity (Wildman–Crippen MR) is 124 cm³/mol. The van der Waals surface area contributed by atoms with Crippen molar-refractivity contribution in [2.24, 2.45) is 5.73 Å². The van der Waals surface area contributed by atoms with Crippen LogP contribution in [0.4, 0.5) is 23.7 Å². The van der Waals surface area contributed by atoms with Crippen LogP contribution in [0.25, 0.3) is 0 Å². The lowest BCUT2D eigenvalue weighted by molar-refractivity contribution is -0.137. The molecule has 0 unspecified atom stereocenters. The first-order valence-corrected chi connectivity index (χ1v) is 11.4. The fraction of sp³-hybridized carbons (Fsp3) is 0.292. The van der Waals surface area contributed by atoms with Gasteiger partial charge in [-0.15, -0.1) is 0 Å². The lowest BCUT2D eigenvalue weighted by Crippen LogP contribution is -2.61. The molecule has 10 heteroatoms. The molecule has 0 saturated heterocycles. The Balaban J connectivity index is 1.79. The lowest BCUT2D eigenvalue weighted by atomic mass is 9.80. The minimum absolute atomic E-state index is 0.00515. The number of nitrogens with zero attached hydrogens (tertiary/aromatic N) is 3. The van der Waals surface area contributed by atoms with Crippen LogP contribution in [0.3, 0.4) is 0 Å². The van der Waals surface area contributed by atoms with E-state index in [2.05, 4.69) is 25.9 Å². The van der Waals surface area contributed by atoms with Crippen LogP contribution >= 0.6 is 15.9 Å². The van der Waals surface area contributed by atoms with Crippen molar-refractivity contribution in [2.45, 2.75) is 44.1 Å². The van der Waals surface area contributed by atoms with Crippen LogP contribution in [-0.2, 0) is 17.5 Å². The zero-order valence-corrected chi connectivity index (χ0v) is 19.8. The minimum Gasteiger partial charge on any atom is -0.444 e. The number of halogens is 4. The van der Waals surface area contributed by atoms with E-state index in [0.29, 0.717) is 16.7 Å². The molecule has 1 aliphatic rings. The van der Waals surface area contributed by atoms with E-state index >= 15 is 0 Å². The highest BCUT2D eigenvalue weighted by molar-refractivity contribution is 9.10. The summed E-state index contributed by atoms with van der Waals surface area (Å²) in [4.78, 5) is 23.1. The van der Waals surface area contributed by atoms with Crippen LogP contribution in [0, 0.1) is 0 Å². The summed E-state index contributed by atoms with van der Waals surface area (Å²) in [5.74, 6) is -0.321. The zero-order chi connectivity index (χ0) is 24.5. The van der Waals surface area contributed by atoms with Crippen molar-refractivity contribution >= 4 is 27.7 Å². The maximum Gasteiger partial charge on any atom is 0.416 e. The van der Waals surface area contributed by atoms with Gasteiger partial charge in [-0.25, -0.2) is 14.8 Å². The van der Waals surface area contributed by atoms with Gasteiger partial charge in [-0.05, 0) is 58.1 Å². The molecule has 0 bridgehead atoms. The molecule has 0 spiro atoms. The molecule has 0 radical (unpaired) electrons. The monoisotopic (exact) mass is 534 g/mol. The topological polar surface area (TPSA) is 81.3 Å². The second-order valence-corrected chi connectivity index (χ2v) is 9.04. The summed E-state index contributed by atoms with van der Waals surface area (Å²) >= 11 is 3.27. The normalized spacial score (nSPS) is 20.1. The molecule has 2 N–H and O–H groups in total. The van der Waals surface area contributed by atoms with E-state index < -0.39 is 29.4 Å². The number of amides is 1. The number of alkyl halides is 3. The Morgan fingerprint density at radius 1 is 1.21 bits per heavy atom. The SMILES string of the molecule is CC[C@]1(N)C[C@H](c2ncc(Br)cn2)c2cc(C(F)(F)F)ccc2N1C(=O)OCc1ccccc1. The molecule has 0 aliphatic carbocycles. The van der Waals surface area contributed by atoms with E-state index in [0.717, 1.165) is 17.7 Å². The number of aromatic nitrogens is 2. The number of hydrogen-bond acceptors (Lipinski definition) is 5. The Morgan fingerprint density at radius 2 is 1.88 bits per heavy atom. The van der Waals surface area contributed by atoms with Crippen LogP contribution < -0.4 is 10.6 Å². The van der Waals surface area contributed by atoms with Gasteiger partial charge in [0.25, 0.3) is 0 Å². The average Bonchev–Trinajstić information content (AvgIpc) is 2.82. The van der Waals surface area contributed by atoms with Crippen LogP contribution in [-0.4, -0.2) is 21.7 Å². The van der Waals surface area contributed by atoms with Crippen LogP contribution in [0.5, 0.6) is 0 Å². The largest absolute Gasteiger partial charge is 0.444 e. The van der Waals surface area contributed by atoms with Crippen molar-refractivity contribution < 1.29 is 22.7 Å². The number of nitrogens with two attached hydrogens (primary N) is 1. The van der Waals surface area contributed by atoms with E-state index in [4.69, 9.17) is 10.5 Å². The number of carbonyl (C=O) groups is 1. The quantitative estimate of drug-likeness (QED) is 0.443. The first kappa shape index (κ1) is 24.2. The molecule has 178 valence electrons. The molecule has 2 atom stereocenters. The Hall–Kier alpha value is -2.98. The molecule has 34 heavy (non-hydrogen) atoms. The summed E-state index contributed by atoms with van der Waals surface area (Å²) in [5.41, 5.74) is 5.95. The van der Waals surface area contributed by atoms with E-state index in [1.807, 2.05) is 37.3 Å². The van der Waals surface area contributed by atoms with E-state index in [-0.39, 0.29) is 24.3 Å². The van der Waals surface area contributed by atoms with Gasteiger partial charge in [0.05, 0.1) is 15.7 Å². The van der Waals surface area contributed by atoms with Crippen molar-refractivity contribution in [1.29, 1.82) is 0 Å². The summed E-state index contributed by atoms with van der Waals surface area (Å²) in [6, 6.07) is 12.4. The maximum atomic E-state index is 13.6. The van der Waals surface area contributed by atoms with E-state index in [1.54, 1.807) is 0 Å². The van der Waals surface area contributed by atoms with Crippen molar-refractivity contribution in [2.75, 3.05) is 4.90 Å². The smallest absolute Gasteiger partial charge is 0.416 e. The molecule has 1 amide bonds. The third-order valence-electron chi connectivity index (χ3n) is 5.93. The van der Waals surface area contributed by atoms with Crippen LogP contribution in [0.15, 0.2) is 65.4 Å². The third-order valence-corrected chi connectivity index (χ3v) is 6.34. The molecular formula is C24H22BrF3N4O2. The minimum atomic E-state index is -4.55. The molecule has 1 aromatic heterocycles. The van der Waals surface area contributed by atoms with Gasteiger partial charge in [-0.1, -0.05) is 37.3 Å². The first-order chi connectivity index (χ1) is 16.1. The van der Waals surface area contributed by atoms with Crippen molar-refractivity contribution in [1.82, 2.24) is 9.97 Å². The second kappa shape index (κ2) is 9.34. The number of ether oxygens (including phenoxy) is 1. The number of rotatable bonds is 4. The molecule has 1 aliphatic heterocycles. The second-order valence-electron chi connectivity index (χ2n) is 8.12. The summed E-state index contributed by atoms with van der Waals surface area (Å²) in [6.45, 7) is 1.82. The lowest BCUT2D eigenvalue weighted by Gasteiger charge is -2.46. The number of fused-ring (bicyclic) bond motifs is 1. The Kier molecular flexibility index (Phi) is 6.64. The summed E-state index contributed by atoms with van der Waals surface area (Å²) in [5, 5.41) is 0. The first-order valence-electron chi connectivity index (χ1n) is 10.6. The highest BCUT2D eigenvalue weighted by atomic mass is 79.9. The fourth-order valence-electron chi connectivity index (χ4n) is 4.11. The number of hydrogen-bond donors (Lipinski definition) is 1. The average molecular weight is 535 g/mol. The van der Waals surface area contributed by atoms with Crippen molar-refractivity contribution in [3.63, 3.8) is 0 Å². The zero-order valence-electron chi connectivity index (χ0n) is 18.2. The van der Waals surface area contributed by atoms with E-state index in [9.17, 15) is 18.0 Å². The molecule has 4 rings (SSSR count). The van der Waals surface area contributed by atoms with Gasteiger partial charge in [0.15, 0.2) is 0 Å². The Labute approximate surface area is 203 Å². The molecule has 0 saturated carbocycles. The molecule has 6 nitrogen and oxygen atoms in total. The van der Waals surface area contributed by atoms with Crippen LogP contribution in [0.2, 0.25) is 0 Å². The fourth-order valence-corrected chi connectivity index (χ4v) is 4.31. The number of carbonyl (C=O) groups excluding carboxylic acids is 1. The number of benzene rings is 2. The van der Waals surface area contributed by atoms with Crippen molar-refractivity contribution in [3.05, 3.63) is 87.9 Å². The summed E-state index contributed by atoms with van der Waals surface area (Å²) in [6.07, 6.45) is -1.77. The standard InChI is InChI=1S/C24H22BrF3N4O2/c1-2-23(29)11-19(21-30-12-17(25)13-31-21)18-10-16(24(26,27)28)8-9-20(18)32(23)22(33)34-14-15-6-4-3-5-7-15/h3-10,12-13,19H,2,11,14,29H2,1H3/t19-,23+/m0/s1. The van der Waals surface area contributed by atoms with Gasteiger partial charge in [-0.2, -0.15) is 13.2 Å². The molecular weight excluding hydrogens is 513 g/mol. The Morgan fingerprint density at radius 3 is 2.50 bits per heavy atom. The van der Waals surface area contributed by atoms with Crippen molar-refractivity contribution in [3.8, 4) is 0 Å². The highest BCUT2D eigenvalue weighted by Crippen LogP contribution is 2.47. The van der Waals surface area contributed by atoms with Gasteiger partial charge in [0, 0.05) is 18.3 Å². The van der Waals surface area contributed by atoms with Gasteiger partial charge in [-0.3, -0.25) is 4.90 Å². The third kappa shape index (κ3) is 4.78. The molecule has 2 aromatic carbocycles. The summed E-state index contributed by atoms with van der Waals surface area (Å²) < 4.78 is 46.8. The van der Waals surface area contributed by atoms with Gasteiger partial charge in [0.1, 0.15) is 18.1 Å². The van der Waals surface area contributed by atoms with Crippen LogP contribution in [0.1, 0.15) is 48.2 Å². The predicted octanol–water partition coefficient (Wildman–Crippen LogP) is 6.00. The van der Waals surface area contributed by atoms with Gasteiger partial charge < -0.3 is 10.5 Å². The van der Waals surface area contributed by atoms with Gasteiger partial charge >= 0.3 is 12.3 Å². The highest BCUT2D eigenvalue weighted by Gasteiger charge is 2.47. The summed E-state index contributed by atoms with van der Waals surface area (Å²) in [7, 11) is 0. The number of anilines is 1. The molecule has 3 aromatic rings. The Bertz CT molecular complexity index is 1180. The molecule has 2 heterocycles.